The molecule has 2 aromatic heterocycles. The standard InChI is InChI=1S/C68H50Ge2N2/c1-5-23-49(24-6-1)47-69(51-27-9-3-10-28-51)61-36-18-13-31-55(61)56-32-14-19-37-62(56)70(52-29-11-4-12-30-52,48-50-25-7-2-8-26-50)64-46-54(41-43-63(64)69)72-67-40-22-17-35-59(67)60-45-53(42-44-68(60)72)71-65-38-20-15-33-57(65)58-34-16-21-39-66(58)71/h1-46H,47-48H2. The van der Waals surface area contributed by atoms with E-state index in [0.717, 1.165) is 10.5 Å². The van der Waals surface area contributed by atoms with E-state index in [9.17, 15) is 0 Å². The first-order valence-corrected chi connectivity index (χ1v) is 34.5. The maximum absolute atomic E-state index is 3.94. The molecule has 0 saturated carbocycles. The van der Waals surface area contributed by atoms with Crippen LogP contribution in [0.15, 0.2) is 279 Å². The molecule has 2 nitrogen and oxygen atoms in total. The number of hydrogen-bond donors (Lipinski definition) is 0. The summed E-state index contributed by atoms with van der Waals surface area (Å²) in [6, 6.07) is 107. The van der Waals surface area contributed by atoms with Gasteiger partial charge in [-0.25, -0.2) is 0 Å². The van der Waals surface area contributed by atoms with Crippen molar-refractivity contribution in [1.29, 1.82) is 0 Å². The van der Waals surface area contributed by atoms with Gasteiger partial charge in [-0.2, -0.15) is 0 Å². The van der Waals surface area contributed by atoms with Crippen molar-refractivity contribution in [3.05, 3.63) is 290 Å². The van der Waals surface area contributed by atoms with Gasteiger partial charge in [0.05, 0.1) is 0 Å². The first kappa shape index (κ1) is 42.9. The Morgan fingerprint density at radius 2 is 0.611 bits per heavy atom. The second-order valence-electron chi connectivity index (χ2n) is 19.6. The van der Waals surface area contributed by atoms with Gasteiger partial charge in [0, 0.05) is 0 Å². The van der Waals surface area contributed by atoms with Crippen molar-refractivity contribution in [3.63, 3.8) is 0 Å². The number of hydrogen-bond acceptors (Lipinski definition) is 0. The summed E-state index contributed by atoms with van der Waals surface area (Å²) in [5.41, 5.74) is 12.8. The molecule has 0 amide bonds. The number of aromatic nitrogens is 2. The fraction of sp³-hybridized carbons (Fsp3) is 0.0294. The van der Waals surface area contributed by atoms with E-state index < -0.39 is 26.5 Å². The summed E-state index contributed by atoms with van der Waals surface area (Å²) in [5, 5.41) is 6.99. The Hall–Kier alpha value is -7.89. The van der Waals surface area contributed by atoms with Crippen LogP contribution in [0.25, 0.3) is 66.1 Å². The molecule has 4 heteroatoms. The molecule has 13 aromatic rings. The zero-order valence-corrected chi connectivity index (χ0v) is 44.1. The fourth-order valence-electron chi connectivity index (χ4n) is 12.9. The molecule has 14 rings (SSSR count). The van der Waals surface area contributed by atoms with E-state index in [1.807, 2.05) is 0 Å². The van der Waals surface area contributed by atoms with Gasteiger partial charge >= 0.3 is 417 Å². The van der Waals surface area contributed by atoms with Crippen molar-refractivity contribution in [2.45, 2.75) is 10.5 Å². The Labute approximate surface area is 425 Å². The first-order chi connectivity index (χ1) is 35.7. The molecule has 2 unspecified atom stereocenters. The summed E-state index contributed by atoms with van der Waals surface area (Å²) in [5.74, 6) is 0. The average molecular weight is 1040 g/mol. The van der Waals surface area contributed by atoms with E-state index in [-0.39, 0.29) is 0 Å². The number of fused-ring (bicyclic) bond motifs is 10. The Kier molecular flexibility index (Phi) is 10.4. The van der Waals surface area contributed by atoms with Crippen LogP contribution < -0.4 is 26.4 Å². The van der Waals surface area contributed by atoms with Crippen molar-refractivity contribution < 1.29 is 0 Å². The van der Waals surface area contributed by atoms with Crippen LogP contribution in [0.3, 0.4) is 0 Å². The second kappa shape index (κ2) is 17.4. The maximum atomic E-state index is 2.72. The van der Waals surface area contributed by atoms with E-state index >= 15 is 0 Å². The van der Waals surface area contributed by atoms with Crippen LogP contribution in [0.1, 0.15) is 11.1 Å². The Morgan fingerprint density at radius 3 is 1.11 bits per heavy atom. The van der Waals surface area contributed by atoms with Crippen LogP contribution in [-0.2, 0) is 10.5 Å². The molecule has 11 aromatic carbocycles. The summed E-state index contributed by atoms with van der Waals surface area (Å²) in [7, 11) is 0. The summed E-state index contributed by atoms with van der Waals surface area (Å²) in [6.07, 6.45) is 0. The number of benzene rings is 11. The molecule has 1 aliphatic rings. The minimum atomic E-state index is -3.94. The zero-order chi connectivity index (χ0) is 47.6. The van der Waals surface area contributed by atoms with E-state index in [1.54, 1.807) is 8.79 Å². The molecule has 0 N–H and O–H groups in total. The molecule has 2 atom stereocenters. The van der Waals surface area contributed by atoms with Gasteiger partial charge < -0.3 is 0 Å². The van der Waals surface area contributed by atoms with Gasteiger partial charge in [0.2, 0.25) is 0 Å². The molecular weight excluding hydrogens is 990 g/mol. The van der Waals surface area contributed by atoms with Crippen LogP contribution in [0.5, 0.6) is 0 Å². The van der Waals surface area contributed by atoms with Crippen molar-refractivity contribution in [3.8, 4) is 22.5 Å². The number of nitrogens with zero attached hydrogens (tertiary/aromatic N) is 2. The van der Waals surface area contributed by atoms with Gasteiger partial charge in [-0.15, -0.1) is 0 Å². The van der Waals surface area contributed by atoms with Gasteiger partial charge in [0.15, 0.2) is 0 Å². The minimum absolute atomic E-state index is 0.967. The van der Waals surface area contributed by atoms with Gasteiger partial charge in [-0.1, -0.05) is 12.1 Å². The van der Waals surface area contributed by atoms with Crippen molar-refractivity contribution >= 4 is 96.5 Å². The van der Waals surface area contributed by atoms with E-state index in [2.05, 4.69) is 288 Å². The number of para-hydroxylation sites is 3. The Bertz CT molecular complexity index is 4110. The molecular formula is C68H50Ge2N2. The average Bonchev–Trinajstić information content (AvgIpc) is 3.97. The third-order valence-electron chi connectivity index (χ3n) is 15.9. The van der Waals surface area contributed by atoms with Crippen molar-refractivity contribution in [1.82, 2.24) is 9.13 Å². The third kappa shape index (κ3) is 6.62. The van der Waals surface area contributed by atoms with Crippen LogP contribution in [-0.4, -0.2) is 35.7 Å². The normalized spacial score (nSPS) is 16.3. The van der Waals surface area contributed by atoms with Crippen LogP contribution in [0.2, 0.25) is 0 Å². The molecule has 72 heavy (non-hydrogen) atoms. The summed E-state index contributed by atoms with van der Waals surface area (Å²) in [6.45, 7) is 0. The van der Waals surface area contributed by atoms with Gasteiger partial charge in [-0.05, 0) is 0 Å². The molecule has 0 bridgehead atoms. The van der Waals surface area contributed by atoms with Crippen LogP contribution in [0, 0.1) is 0 Å². The predicted molar refractivity (Wildman–Crippen MR) is 309 cm³/mol. The molecule has 0 spiro atoms. The topological polar surface area (TPSA) is 9.86 Å². The van der Waals surface area contributed by atoms with Crippen molar-refractivity contribution in [2.75, 3.05) is 0 Å². The summed E-state index contributed by atoms with van der Waals surface area (Å²) >= 11 is -7.78. The monoisotopic (exact) mass is 1040 g/mol. The zero-order valence-electron chi connectivity index (χ0n) is 39.9. The molecule has 0 aliphatic carbocycles. The summed E-state index contributed by atoms with van der Waals surface area (Å²) in [4.78, 5) is 0. The molecule has 0 saturated heterocycles. The molecule has 1 aliphatic heterocycles. The van der Waals surface area contributed by atoms with Crippen LogP contribution in [0.4, 0.5) is 0 Å². The number of rotatable bonds is 8. The Morgan fingerprint density at radius 1 is 0.250 bits per heavy atom. The Balaban J connectivity index is 1.13. The van der Waals surface area contributed by atoms with Gasteiger partial charge in [0.25, 0.3) is 0 Å². The molecule has 0 radical (unpaired) electrons. The quantitative estimate of drug-likeness (QED) is 0.134. The van der Waals surface area contributed by atoms with Gasteiger partial charge in [-0.3, -0.25) is 0 Å². The molecule has 0 fully saturated rings. The SMILES string of the molecule is c1ccc([CH2][Ge]2([c]3ccccc3)[c]3ccccc3-c3cccc[c]3[Ge]([CH2]c3ccccc3)([c]3ccccc3)[c]3cc(-n4c5ccccc5c5cc(-n6c7ccccc7c7ccccc76)ccc54)cc[c]32)cc1. The fourth-order valence-corrected chi connectivity index (χ4v) is 38.9. The van der Waals surface area contributed by atoms with E-state index in [4.69, 9.17) is 0 Å². The summed E-state index contributed by atoms with van der Waals surface area (Å²) < 4.78 is 14.2. The van der Waals surface area contributed by atoms with E-state index in [1.165, 1.54) is 94.8 Å². The first-order valence-electron chi connectivity index (χ1n) is 25.3. The molecule has 340 valence electrons. The van der Waals surface area contributed by atoms with Crippen LogP contribution >= 0.6 is 0 Å². The van der Waals surface area contributed by atoms with Gasteiger partial charge in [0.1, 0.15) is 0 Å². The van der Waals surface area contributed by atoms with E-state index in [0.29, 0.717) is 0 Å². The predicted octanol–water partition coefficient (Wildman–Crippen LogP) is 12.4. The second-order valence-corrected chi connectivity index (χ2v) is 35.6. The van der Waals surface area contributed by atoms with Crippen molar-refractivity contribution in [2.24, 2.45) is 0 Å². The molecule has 3 heterocycles. The third-order valence-corrected chi connectivity index (χ3v) is 37.8.